The molecule has 0 radical (unpaired) electrons. The number of halogens is 6. The first-order chi connectivity index (χ1) is 15.6. The van der Waals surface area contributed by atoms with Crippen molar-refractivity contribution in [1.29, 1.82) is 0 Å². The van der Waals surface area contributed by atoms with Crippen molar-refractivity contribution in [3.8, 4) is 11.5 Å². The van der Waals surface area contributed by atoms with Gasteiger partial charge in [0, 0.05) is 25.0 Å². The number of anilines is 3. The van der Waals surface area contributed by atoms with Gasteiger partial charge in [0.2, 0.25) is 11.9 Å². The summed E-state index contributed by atoms with van der Waals surface area (Å²) in [4.78, 5) is 21.1. The van der Waals surface area contributed by atoms with Gasteiger partial charge in [-0.2, -0.15) is 41.3 Å². The topological polar surface area (TPSA) is 89.0 Å². The van der Waals surface area contributed by atoms with Crippen molar-refractivity contribution in [2.24, 2.45) is 0 Å². The minimum atomic E-state index is -4.68. The molecule has 3 aromatic heterocycles. The lowest BCUT2D eigenvalue weighted by Gasteiger charge is -2.27. The van der Waals surface area contributed by atoms with Crippen LogP contribution in [0.2, 0.25) is 0 Å². The zero-order valence-electron chi connectivity index (χ0n) is 16.7. The average Bonchev–Trinajstić information content (AvgIpc) is 2.79. The summed E-state index contributed by atoms with van der Waals surface area (Å²) in [7, 11) is 0. The zero-order valence-corrected chi connectivity index (χ0v) is 16.7. The van der Waals surface area contributed by atoms with Crippen LogP contribution >= 0.6 is 0 Å². The summed E-state index contributed by atoms with van der Waals surface area (Å²) >= 11 is 0. The summed E-state index contributed by atoms with van der Waals surface area (Å²) in [6.45, 7) is 1.58. The Morgan fingerprint density at radius 1 is 0.848 bits per heavy atom. The van der Waals surface area contributed by atoms with Crippen molar-refractivity contribution in [2.45, 2.75) is 12.4 Å². The molecule has 1 N–H and O–H groups in total. The number of nitrogens with zero attached hydrogens (tertiary/aromatic N) is 6. The lowest BCUT2D eigenvalue weighted by atomic mass is 10.3. The van der Waals surface area contributed by atoms with Crippen LogP contribution in [0.5, 0.6) is 0 Å². The standard InChI is InChI=1S/C19H15F6N7O/c20-18(21,22)13-3-1-2-12(28-13)15-29-16(31-17(30-15)32-6-8-33-9-7-32)27-11-4-5-26-14(10-11)19(23,24)25/h1-5,10H,6-9H2,(H,26,27,29,30,31). The summed E-state index contributed by atoms with van der Waals surface area (Å²) in [5.41, 5.74) is -2.45. The molecule has 1 aliphatic rings. The summed E-state index contributed by atoms with van der Waals surface area (Å²) in [6.07, 6.45) is -8.38. The molecule has 0 saturated carbocycles. The molecule has 1 fully saturated rings. The maximum Gasteiger partial charge on any atom is 0.433 e. The van der Waals surface area contributed by atoms with Gasteiger partial charge in [-0.3, -0.25) is 4.98 Å². The van der Waals surface area contributed by atoms with E-state index in [0.29, 0.717) is 26.3 Å². The van der Waals surface area contributed by atoms with Crippen molar-refractivity contribution < 1.29 is 31.1 Å². The van der Waals surface area contributed by atoms with Crippen LogP contribution in [-0.4, -0.2) is 51.2 Å². The van der Waals surface area contributed by atoms with Crippen LogP contribution in [0.15, 0.2) is 36.5 Å². The number of rotatable bonds is 4. The van der Waals surface area contributed by atoms with Crippen LogP contribution in [0.1, 0.15) is 11.4 Å². The first-order valence-electron chi connectivity index (χ1n) is 9.53. The number of aromatic nitrogens is 5. The molecule has 33 heavy (non-hydrogen) atoms. The van der Waals surface area contributed by atoms with Crippen LogP contribution in [0.25, 0.3) is 11.5 Å². The molecule has 0 unspecified atom stereocenters. The molecule has 3 aromatic rings. The van der Waals surface area contributed by atoms with Crippen molar-refractivity contribution in [1.82, 2.24) is 24.9 Å². The fourth-order valence-corrected chi connectivity index (χ4v) is 2.95. The van der Waals surface area contributed by atoms with Gasteiger partial charge in [0.15, 0.2) is 5.82 Å². The van der Waals surface area contributed by atoms with E-state index in [9.17, 15) is 26.3 Å². The van der Waals surface area contributed by atoms with E-state index in [-0.39, 0.29) is 29.1 Å². The summed E-state index contributed by atoms with van der Waals surface area (Å²) in [6, 6.07) is 5.30. The van der Waals surface area contributed by atoms with E-state index < -0.39 is 23.7 Å². The molecule has 14 heteroatoms. The molecule has 0 bridgehead atoms. The minimum absolute atomic E-state index is 0.0144. The maximum absolute atomic E-state index is 13.1. The second kappa shape index (κ2) is 8.77. The molecule has 0 atom stereocenters. The third-order valence-electron chi connectivity index (χ3n) is 4.49. The average molecular weight is 471 g/mol. The van der Waals surface area contributed by atoms with Gasteiger partial charge < -0.3 is 15.0 Å². The zero-order chi connectivity index (χ0) is 23.6. The number of ether oxygens (including phenoxy) is 1. The Bertz CT molecular complexity index is 1130. The van der Waals surface area contributed by atoms with E-state index in [1.54, 1.807) is 4.90 Å². The Kier molecular flexibility index (Phi) is 6.01. The number of pyridine rings is 2. The van der Waals surface area contributed by atoms with Gasteiger partial charge in [-0.1, -0.05) is 6.07 Å². The van der Waals surface area contributed by atoms with Gasteiger partial charge in [0.1, 0.15) is 17.1 Å². The third kappa shape index (κ3) is 5.45. The molecule has 1 aliphatic heterocycles. The van der Waals surface area contributed by atoms with E-state index in [2.05, 4.69) is 30.2 Å². The van der Waals surface area contributed by atoms with Crippen molar-refractivity contribution in [3.63, 3.8) is 0 Å². The Hall–Kier alpha value is -3.55. The monoisotopic (exact) mass is 471 g/mol. The Labute approximate surface area is 182 Å². The van der Waals surface area contributed by atoms with Gasteiger partial charge >= 0.3 is 12.4 Å². The summed E-state index contributed by atoms with van der Waals surface area (Å²) in [5.74, 6) is -0.222. The van der Waals surface area contributed by atoms with Crippen LogP contribution in [-0.2, 0) is 17.1 Å². The van der Waals surface area contributed by atoms with E-state index in [4.69, 9.17) is 4.74 Å². The third-order valence-corrected chi connectivity index (χ3v) is 4.49. The van der Waals surface area contributed by atoms with E-state index >= 15 is 0 Å². The first kappa shape index (κ1) is 22.6. The molecule has 8 nitrogen and oxygen atoms in total. The predicted molar refractivity (Wildman–Crippen MR) is 104 cm³/mol. The van der Waals surface area contributed by atoms with Gasteiger partial charge in [-0.05, 0) is 24.3 Å². The smallest absolute Gasteiger partial charge is 0.378 e. The van der Waals surface area contributed by atoms with Gasteiger partial charge in [-0.15, -0.1) is 0 Å². The minimum Gasteiger partial charge on any atom is -0.378 e. The van der Waals surface area contributed by atoms with E-state index in [1.807, 2.05) is 0 Å². The fourth-order valence-electron chi connectivity index (χ4n) is 2.95. The first-order valence-corrected chi connectivity index (χ1v) is 9.53. The molecular formula is C19H15F6N7O. The number of nitrogens with one attached hydrogen (secondary N) is 1. The molecule has 174 valence electrons. The number of hydrogen-bond acceptors (Lipinski definition) is 8. The molecule has 0 aliphatic carbocycles. The SMILES string of the molecule is FC(F)(F)c1cc(Nc2nc(-c3cccc(C(F)(F)F)n3)nc(N3CCOCC3)n2)ccn1. The Balaban J connectivity index is 1.74. The summed E-state index contributed by atoms with van der Waals surface area (Å²) in [5, 5.41) is 2.64. The molecule has 4 rings (SSSR count). The number of alkyl halides is 6. The number of hydrogen-bond donors (Lipinski definition) is 1. The van der Waals surface area contributed by atoms with Crippen LogP contribution < -0.4 is 10.2 Å². The van der Waals surface area contributed by atoms with Gasteiger partial charge in [-0.25, -0.2) is 4.98 Å². The second-order valence-corrected chi connectivity index (χ2v) is 6.84. The second-order valence-electron chi connectivity index (χ2n) is 6.84. The highest BCUT2D eigenvalue weighted by molar-refractivity contribution is 5.59. The quantitative estimate of drug-likeness (QED) is 0.573. The highest BCUT2D eigenvalue weighted by atomic mass is 19.4. The molecular weight excluding hydrogens is 456 g/mol. The van der Waals surface area contributed by atoms with Crippen LogP contribution in [0, 0.1) is 0 Å². The Morgan fingerprint density at radius 2 is 1.58 bits per heavy atom. The molecule has 0 amide bonds. The van der Waals surface area contributed by atoms with Crippen LogP contribution in [0.4, 0.5) is 43.9 Å². The Morgan fingerprint density at radius 3 is 2.27 bits per heavy atom. The predicted octanol–water partition coefficient (Wildman–Crippen LogP) is 3.95. The largest absolute Gasteiger partial charge is 0.433 e. The lowest BCUT2D eigenvalue weighted by Crippen LogP contribution is -2.37. The fraction of sp³-hybridized carbons (Fsp3) is 0.316. The number of morpholine rings is 1. The van der Waals surface area contributed by atoms with Gasteiger partial charge in [0.25, 0.3) is 0 Å². The van der Waals surface area contributed by atoms with E-state index in [0.717, 1.165) is 24.4 Å². The highest BCUT2D eigenvalue weighted by Crippen LogP contribution is 2.31. The van der Waals surface area contributed by atoms with Gasteiger partial charge in [0.05, 0.1) is 13.2 Å². The molecule has 4 heterocycles. The molecule has 0 aromatic carbocycles. The maximum atomic E-state index is 13.1. The van der Waals surface area contributed by atoms with Crippen molar-refractivity contribution >= 4 is 17.6 Å². The normalized spacial score (nSPS) is 14.9. The lowest BCUT2D eigenvalue weighted by molar-refractivity contribution is -0.141. The molecule has 1 saturated heterocycles. The highest BCUT2D eigenvalue weighted by Gasteiger charge is 2.33. The summed E-state index contributed by atoms with van der Waals surface area (Å²) < 4.78 is 83.6. The van der Waals surface area contributed by atoms with Crippen molar-refractivity contribution in [2.75, 3.05) is 36.5 Å². The van der Waals surface area contributed by atoms with Crippen molar-refractivity contribution in [3.05, 3.63) is 47.9 Å². The van der Waals surface area contributed by atoms with Crippen LogP contribution in [0.3, 0.4) is 0 Å². The van der Waals surface area contributed by atoms with E-state index in [1.165, 1.54) is 12.1 Å². The molecule has 0 spiro atoms.